The summed E-state index contributed by atoms with van der Waals surface area (Å²) in [7, 11) is -3.62. The standard InChI is InChI=1S/C20H33FN2O3S/c1-7-9-16(4)14-22-20(24)17(5)11-12-18(6)23-27(25,26)13-8-10-19(21)15(2)3/h8,10-12,16,23H,7,9,13-14H2,1-6H3,(H,22,24). The topological polar surface area (TPSA) is 75.3 Å². The van der Waals surface area contributed by atoms with E-state index in [-0.39, 0.29) is 11.7 Å². The van der Waals surface area contributed by atoms with Gasteiger partial charge in [0.05, 0.1) is 5.75 Å². The Balaban J connectivity index is 4.72. The van der Waals surface area contributed by atoms with Gasteiger partial charge in [0.15, 0.2) is 0 Å². The number of nitrogens with one attached hydrogen (secondary N) is 2. The monoisotopic (exact) mass is 400 g/mol. The molecule has 0 aliphatic rings. The fourth-order valence-corrected chi connectivity index (χ4v) is 3.08. The fourth-order valence-electron chi connectivity index (χ4n) is 2.09. The van der Waals surface area contributed by atoms with Gasteiger partial charge in [0.1, 0.15) is 5.83 Å². The first-order valence-corrected chi connectivity index (χ1v) is 10.8. The summed E-state index contributed by atoms with van der Waals surface area (Å²) in [4.78, 5) is 12.0. The number of amides is 1. The molecule has 0 aromatic carbocycles. The Morgan fingerprint density at radius 2 is 1.78 bits per heavy atom. The molecule has 0 aromatic rings. The molecule has 7 heteroatoms. The molecule has 1 unspecified atom stereocenters. The van der Waals surface area contributed by atoms with Crippen LogP contribution in [0.15, 0.2) is 47.0 Å². The van der Waals surface area contributed by atoms with Gasteiger partial charge in [0.2, 0.25) is 15.9 Å². The smallest absolute Gasteiger partial charge is 0.246 e. The van der Waals surface area contributed by atoms with E-state index in [0.717, 1.165) is 18.9 Å². The molecule has 2 N–H and O–H groups in total. The molecule has 0 heterocycles. The summed E-state index contributed by atoms with van der Waals surface area (Å²) in [5.41, 5.74) is 1.34. The molecule has 0 saturated carbocycles. The highest BCUT2D eigenvalue weighted by Gasteiger charge is 2.08. The Bertz CT molecular complexity index is 716. The van der Waals surface area contributed by atoms with Crippen LogP contribution in [-0.2, 0) is 14.8 Å². The van der Waals surface area contributed by atoms with E-state index in [4.69, 9.17) is 0 Å². The van der Waals surface area contributed by atoms with Crippen LogP contribution in [0.2, 0.25) is 0 Å². The first-order chi connectivity index (χ1) is 12.5. The molecular weight excluding hydrogens is 367 g/mol. The number of halogens is 1. The van der Waals surface area contributed by atoms with Crippen LogP contribution in [0.4, 0.5) is 4.39 Å². The van der Waals surface area contributed by atoms with Crippen molar-refractivity contribution in [3.05, 3.63) is 47.0 Å². The van der Waals surface area contributed by atoms with E-state index in [1.54, 1.807) is 33.8 Å². The molecule has 0 rings (SSSR count). The van der Waals surface area contributed by atoms with Gasteiger partial charge in [-0.25, -0.2) is 12.8 Å². The van der Waals surface area contributed by atoms with Gasteiger partial charge in [-0.1, -0.05) is 32.4 Å². The van der Waals surface area contributed by atoms with Crippen molar-refractivity contribution in [1.29, 1.82) is 0 Å². The van der Waals surface area contributed by atoms with Crippen molar-refractivity contribution >= 4 is 15.9 Å². The maximum absolute atomic E-state index is 13.3. The molecule has 0 radical (unpaired) electrons. The molecule has 154 valence electrons. The van der Waals surface area contributed by atoms with Crippen molar-refractivity contribution < 1.29 is 17.6 Å². The molecule has 0 aromatic heterocycles. The molecule has 0 aliphatic heterocycles. The highest BCUT2D eigenvalue weighted by Crippen LogP contribution is 2.07. The van der Waals surface area contributed by atoms with Crippen LogP contribution in [0.5, 0.6) is 0 Å². The third kappa shape index (κ3) is 12.2. The number of carbonyl (C=O) groups excluding carboxylic acids is 1. The number of allylic oxidation sites excluding steroid dienone is 6. The van der Waals surface area contributed by atoms with Crippen LogP contribution in [0.25, 0.3) is 0 Å². The molecule has 0 spiro atoms. The quantitative estimate of drug-likeness (QED) is 0.404. The average molecular weight is 401 g/mol. The molecule has 5 nitrogen and oxygen atoms in total. The maximum atomic E-state index is 13.3. The number of hydrogen-bond donors (Lipinski definition) is 2. The predicted molar refractivity (Wildman–Crippen MR) is 110 cm³/mol. The maximum Gasteiger partial charge on any atom is 0.246 e. The van der Waals surface area contributed by atoms with Crippen LogP contribution in [-0.4, -0.2) is 26.6 Å². The van der Waals surface area contributed by atoms with Crippen LogP contribution in [0.1, 0.15) is 54.4 Å². The average Bonchev–Trinajstić information content (AvgIpc) is 2.56. The third-order valence-electron chi connectivity index (χ3n) is 3.71. The Labute approximate surface area is 163 Å². The van der Waals surface area contributed by atoms with Crippen molar-refractivity contribution in [1.82, 2.24) is 10.0 Å². The Morgan fingerprint density at radius 1 is 1.15 bits per heavy atom. The van der Waals surface area contributed by atoms with Gasteiger partial charge in [0, 0.05) is 17.8 Å². The molecule has 27 heavy (non-hydrogen) atoms. The third-order valence-corrected chi connectivity index (χ3v) is 4.97. The lowest BCUT2D eigenvalue weighted by atomic mass is 10.1. The van der Waals surface area contributed by atoms with Crippen LogP contribution >= 0.6 is 0 Å². The molecule has 1 amide bonds. The van der Waals surface area contributed by atoms with E-state index in [9.17, 15) is 17.6 Å². The summed E-state index contributed by atoms with van der Waals surface area (Å²) >= 11 is 0. The Morgan fingerprint density at radius 3 is 2.33 bits per heavy atom. The zero-order valence-electron chi connectivity index (χ0n) is 17.2. The van der Waals surface area contributed by atoms with Crippen molar-refractivity contribution in [3.63, 3.8) is 0 Å². The first kappa shape index (κ1) is 25.1. The molecule has 0 saturated heterocycles. The van der Waals surface area contributed by atoms with Gasteiger partial charge in [-0.3, -0.25) is 9.52 Å². The van der Waals surface area contributed by atoms with Gasteiger partial charge in [-0.2, -0.15) is 0 Å². The van der Waals surface area contributed by atoms with Crippen molar-refractivity contribution in [2.75, 3.05) is 12.3 Å². The van der Waals surface area contributed by atoms with Crippen LogP contribution in [0, 0.1) is 5.92 Å². The zero-order valence-corrected chi connectivity index (χ0v) is 18.0. The highest BCUT2D eigenvalue weighted by molar-refractivity contribution is 7.89. The minimum absolute atomic E-state index is 0.176. The SMILES string of the molecule is CCCC(C)CNC(=O)C(C)=CC=C(C)NS(=O)(=O)CC=CC(F)=C(C)C. The minimum atomic E-state index is -3.62. The summed E-state index contributed by atoms with van der Waals surface area (Å²) in [6, 6.07) is 0. The second-order valence-electron chi connectivity index (χ2n) is 6.94. The highest BCUT2D eigenvalue weighted by atomic mass is 32.2. The number of sulfonamides is 1. The Hall–Kier alpha value is -1.89. The summed E-state index contributed by atoms with van der Waals surface area (Å²) in [5.74, 6) is -0.544. The van der Waals surface area contributed by atoms with E-state index < -0.39 is 15.9 Å². The van der Waals surface area contributed by atoms with E-state index in [0.29, 0.717) is 29.3 Å². The number of hydrogen-bond acceptors (Lipinski definition) is 3. The molecule has 0 bridgehead atoms. The van der Waals surface area contributed by atoms with Gasteiger partial charge in [-0.05, 0) is 57.8 Å². The summed E-state index contributed by atoms with van der Waals surface area (Å²) < 4.78 is 39.6. The summed E-state index contributed by atoms with van der Waals surface area (Å²) in [6.45, 7) is 11.3. The van der Waals surface area contributed by atoms with Crippen LogP contribution < -0.4 is 10.0 Å². The van der Waals surface area contributed by atoms with Crippen molar-refractivity contribution in [3.8, 4) is 0 Å². The predicted octanol–water partition coefficient (Wildman–Crippen LogP) is 4.13. The van der Waals surface area contributed by atoms with Crippen molar-refractivity contribution in [2.45, 2.75) is 54.4 Å². The second-order valence-corrected chi connectivity index (χ2v) is 8.70. The van der Waals surface area contributed by atoms with E-state index in [1.807, 2.05) is 0 Å². The zero-order chi connectivity index (χ0) is 21.0. The van der Waals surface area contributed by atoms with E-state index >= 15 is 0 Å². The molecule has 0 aliphatic carbocycles. The van der Waals surface area contributed by atoms with E-state index in [1.165, 1.54) is 12.2 Å². The van der Waals surface area contributed by atoms with Gasteiger partial charge in [-0.15, -0.1) is 0 Å². The summed E-state index contributed by atoms with van der Waals surface area (Å²) in [6.07, 6.45) is 7.62. The molecule has 0 fully saturated rings. The second kappa shape index (κ2) is 12.5. The summed E-state index contributed by atoms with van der Waals surface area (Å²) in [5, 5.41) is 2.86. The van der Waals surface area contributed by atoms with Crippen molar-refractivity contribution in [2.24, 2.45) is 5.92 Å². The first-order valence-electron chi connectivity index (χ1n) is 9.11. The molecular formula is C20H33FN2O3S. The Kier molecular flexibility index (Phi) is 11.6. The lowest BCUT2D eigenvalue weighted by Gasteiger charge is -2.11. The molecule has 1 atom stereocenters. The van der Waals surface area contributed by atoms with Gasteiger partial charge >= 0.3 is 0 Å². The van der Waals surface area contributed by atoms with E-state index in [2.05, 4.69) is 23.9 Å². The largest absolute Gasteiger partial charge is 0.352 e. The van der Waals surface area contributed by atoms with Gasteiger partial charge < -0.3 is 5.32 Å². The van der Waals surface area contributed by atoms with Crippen LogP contribution in [0.3, 0.4) is 0 Å². The van der Waals surface area contributed by atoms with Gasteiger partial charge in [0.25, 0.3) is 0 Å². The normalized spacial score (nSPS) is 14.2. The lowest BCUT2D eigenvalue weighted by molar-refractivity contribution is -0.117. The number of rotatable bonds is 11. The number of carbonyl (C=O) groups is 1. The minimum Gasteiger partial charge on any atom is -0.352 e. The fraction of sp³-hybridized carbons (Fsp3) is 0.550. The lowest BCUT2D eigenvalue weighted by Crippen LogP contribution is -2.28.